The van der Waals surface area contributed by atoms with Crippen LogP contribution in [0.4, 0.5) is 14.5 Å². The Kier molecular flexibility index (Phi) is 5.88. The normalized spacial score (nSPS) is 12.5. The Morgan fingerprint density at radius 1 is 1.40 bits per heavy atom. The maximum atomic E-state index is 13.7. The van der Waals surface area contributed by atoms with Crippen molar-refractivity contribution in [3.63, 3.8) is 0 Å². The van der Waals surface area contributed by atoms with Crippen LogP contribution in [0.2, 0.25) is 0 Å². The molecule has 0 aliphatic heterocycles. The van der Waals surface area contributed by atoms with Gasteiger partial charge in [-0.2, -0.15) is 0 Å². The molecule has 20 heavy (non-hydrogen) atoms. The Hall–Kier alpha value is -1.69. The third-order valence-corrected chi connectivity index (χ3v) is 3.44. The lowest BCUT2D eigenvalue weighted by atomic mass is 10.2. The highest BCUT2D eigenvalue weighted by atomic mass is 19.2. The molecule has 0 bridgehead atoms. The molecule has 0 fully saturated rings. The molecule has 2 N–H and O–H groups in total. The number of anilines is 1. The first kappa shape index (κ1) is 16.4. The Labute approximate surface area is 117 Å². The van der Waals surface area contributed by atoms with Crippen LogP contribution in [0.15, 0.2) is 12.1 Å². The first-order valence-corrected chi connectivity index (χ1v) is 6.53. The second-order valence-electron chi connectivity index (χ2n) is 4.76. The lowest BCUT2D eigenvalue weighted by Crippen LogP contribution is -2.32. The number of aromatic carboxylic acids is 1. The largest absolute Gasteiger partial charge is 0.478 e. The van der Waals surface area contributed by atoms with Crippen molar-refractivity contribution < 1.29 is 18.7 Å². The number of likely N-dealkylation sites (N-methyl/N-ethyl adjacent to an activating group) is 1. The van der Waals surface area contributed by atoms with Gasteiger partial charge in [-0.15, -0.1) is 0 Å². The molecule has 0 amide bonds. The van der Waals surface area contributed by atoms with Crippen LogP contribution in [0.25, 0.3) is 0 Å². The molecule has 0 saturated carbocycles. The van der Waals surface area contributed by atoms with Crippen molar-refractivity contribution in [1.29, 1.82) is 0 Å². The van der Waals surface area contributed by atoms with E-state index >= 15 is 0 Å². The SMILES string of the molecule is CCC(C)N(C)CCNc1ccc(C(=O)O)c(F)c1F. The lowest BCUT2D eigenvalue weighted by Gasteiger charge is -2.23. The Bertz CT molecular complexity index is 480. The van der Waals surface area contributed by atoms with Gasteiger partial charge in [0.15, 0.2) is 11.6 Å². The van der Waals surface area contributed by atoms with Crippen LogP contribution < -0.4 is 5.32 Å². The van der Waals surface area contributed by atoms with Gasteiger partial charge in [-0.3, -0.25) is 0 Å². The molecule has 4 nitrogen and oxygen atoms in total. The zero-order valence-corrected chi connectivity index (χ0v) is 11.9. The molecule has 0 aliphatic carbocycles. The fourth-order valence-corrected chi connectivity index (χ4v) is 1.75. The van der Waals surface area contributed by atoms with Crippen LogP contribution in [0.5, 0.6) is 0 Å². The second kappa shape index (κ2) is 7.19. The van der Waals surface area contributed by atoms with Crippen molar-refractivity contribution in [3.05, 3.63) is 29.3 Å². The number of carbonyl (C=O) groups is 1. The molecule has 1 unspecified atom stereocenters. The van der Waals surface area contributed by atoms with Crippen molar-refractivity contribution >= 4 is 11.7 Å². The van der Waals surface area contributed by atoms with Gasteiger partial charge in [0.25, 0.3) is 0 Å². The number of carboxylic acid groups (broad SMARTS) is 1. The molecule has 0 spiro atoms. The quantitative estimate of drug-likeness (QED) is 0.809. The summed E-state index contributed by atoms with van der Waals surface area (Å²) in [5.74, 6) is -3.97. The Balaban J connectivity index is 2.66. The monoisotopic (exact) mass is 286 g/mol. The van der Waals surface area contributed by atoms with Crippen molar-refractivity contribution in [2.75, 3.05) is 25.5 Å². The molecule has 0 radical (unpaired) electrons. The van der Waals surface area contributed by atoms with E-state index in [4.69, 9.17) is 5.11 Å². The van der Waals surface area contributed by atoms with E-state index in [9.17, 15) is 13.6 Å². The Morgan fingerprint density at radius 2 is 2.05 bits per heavy atom. The van der Waals surface area contributed by atoms with E-state index in [0.717, 1.165) is 12.5 Å². The van der Waals surface area contributed by atoms with Gasteiger partial charge in [0, 0.05) is 19.1 Å². The van der Waals surface area contributed by atoms with Crippen molar-refractivity contribution in [1.82, 2.24) is 4.90 Å². The predicted octanol–water partition coefficient (Wildman–Crippen LogP) is 2.81. The zero-order valence-electron chi connectivity index (χ0n) is 11.9. The van der Waals surface area contributed by atoms with Gasteiger partial charge in [0.05, 0.1) is 11.3 Å². The van der Waals surface area contributed by atoms with Crippen LogP contribution in [0.3, 0.4) is 0 Å². The van der Waals surface area contributed by atoms with Crippen LogP contribution in [-0.4, -0.2) is 42.2 Å². The number of rotatable bonds is 7. The van der Waals surface area contributed by atoms with E-state index in [-0.39, 0.29) is 5.69 Å². The van der Waals surface area contributed by atoms with Crippen molar-refractivity contribution in [2.24, 2.45) is 0 Å². The van der Waals surface area contributed by atoms with Gasteiger partial charge >= 0.3 is 5.97 Å². The van der Waals surface area contributed by atoms with Crippen LogP contribution in [-0.2, 0) is 0 Å². The van der Waals surface area contributed by atoms with E-state index in [1.54, 1.807) is 0 Å². The van der Waals surface area contributed by atoms with E-state index in [1.807, 2.05) is 7.05 Å². The van der Waals surface area contributed by atoms with E-state index in [2.05, 4.69) is 24.1 Å². The van der Waals surface area contributed by atoms with Gasteiger partial charge in [-0.25, -0.2) is 13.6 Å². The highest BCUT2D eigenvalue weighted by molar-refractivity contribution is 5.88. The minimum atomic E-state index is -1.48. The van der Waals surface area contributed by atoms with Crippen LogP contribution in [0.1, 0.15) is 30.6 Å². The summed E-state index contributed by atoms with van der Waals surface area (Å²) in [6, 6.07) is 2.71. The number of nitrogens with one attached hydrogen (secondary N) is 1. The standard InChI is InChI=1S/C14H20F2N2O2/c1-4-9(2)18(3)8-7-17-11-6-5-10(14(19)20)12(15)13(11)16/h5-6,9,17H,4,7-8H2,1-3H3,(H,19,20). The third-order valence-electron chi connectivity index (χ3n) is 3.44. The second-order valence-corrected chi connectivity index (χ2v) is 4.76. The van der Waals surface area contributed by atoms with Gasteiger partial charge in [0.2, 0.25) is 0 Å². The van der Waals surface area contributed by atoms with E-state index < -0.39 is 23.2 Å². The molecule has 112 valence electrons. The molecule has 0 heterocycles. The first-order valence-electron chi connectivity index (χ1n) is 6.53. The fraction of sp³-hybridized carbons (Fsp3) is 0.500. The number of halogens is 2. The molecule has 1 aromatic carbocycles. The number of benzene rings is 1. The average Bonchev–Trinajstić information content (AvgIpc) is 2.42. The van der Waals surface area contributed by atoms with Gasteiger partial charge in [-0.05, 0) is 32.5 Å². The molecule has 1 rings (SSSR count). The summed E-state index contributed by atoms with van der Waals surface area (Å²) >= 11 is 0. The number of hydrogen-bond acceptors (Lipinski definition) is 3. The van der Waals surface area contributed by atoms with Crippen LogP contribution in [0, 0.1) is 11.6 Å². The molecule has 0 aromatic heterocycles. The number of carboxylic acids is 1. The maximum Gasteiger partial charge on any atom is 0.338 e. The molecule has 6 heteroatoms. The minimum Gasteiger partial charge on any atom is -0.478 e. The third kappa shape index (κ3) is 3.90. The van der Waals surface area contributed by atoms with Crippen molar-refractivity contribution in [3.8, 4) is 0 Å². The summed E-state index contributed by atoms with van der Waals surface area (Å²) < 4.78 is 27.1. The minimum absolute atomic E-state index is 0.0231. The highest BCUT2D eigenvalue weighted by Gasteiger charge is 2.17. The number of hydrogen-bond donors (Lipinski definition) is 2. The van der Waals surface area contributed by atoms with Crippen molar-refractivity contribution in [2.45, 2.75) is 26.3 Å². The zero-order chi connectivity index (χ0) is 15.3. The number of nitrogens with zero attached hydrogens (tertiary/aromatic N) is 1. The van der Waals surface area contributed by atoms with Gasteiger partial charge < -0.3 is 15.3 Å². The lowest BCUT2D eigenvalue weighted by molar-refractivity contribution is 0.0690. The summed E-state index contributed by atoms with van der Waals surface area (Å²) in [5, 5.41) is 11.5. The van der Waals surface area contributed by atoms with Gasteiger partial charge in [-0.1, -0.05) is 6.92 Å². The van der Waals surface area contributed by atoms with Crippen LogP contribution >= 0.6 is 0 Å². The molecule has 1 aromatic rings. The first-order chi connectivity index (χ1) is 9.38. The summed E-state index contributed by atoms with van der Waals surface area (Å²) in [6.07, 6.45) is 1.01. The molecule has 0 saturated heterocycles. The van der Waals surface area contributed by atoms with E-state index in [1.165, 1.54) is 6.07 Å². The highest BCUT2D eigenvalue weighted by Crippen LogP contribution is 2.20. The smallest absolute Gasteiger partial charge is 0.338 e. The Morgan fingerprint density at radius 3 is 2.60 bits per heavy atom. The topological polar surface area (TPSA) is 52.6 Å². The summed E-state index contributed by atoms with van der Waals surface area (Å²) in [5.41, 5.74) is -0.685. The predicted molar refractivity (Wildman–Crippen MR) is 74.2 cm³/mol. The van der Waals surface area contributed by atoms with E-state index in [0.29, 0.717) is 19.1 Å². The summed E-state index contributed by atoms with van der Waals surface area (Å²) in [7, 11) is 1.96. The molecule has 0 aliphatic rings. The molecule has 1 atom stereocenters. The summed E-state index contributed by atoms with van der Waals surface area (Å²) in [6.45, 7) is 5.29. The summed E-state index contributed by atoms with van der Waals surface area (Å²) in [4.78, 5) is 12.8. The fourth-order valence-electron chi connectivity index (χ4n) is 1.75. The maximum absolute atomic E-state index is 13.7. The molecular formula is C14H20F2N2O2. The van der Waals surface area contributed by atoms with Gasteiger partial charge in [0.1, 0.15) is 0 Å². The average molecular weight is 286 g/mol. The molecular weight excluding hydrogens is 266 g/mol.